The van der Waals surface area contributed by atoms with E-state index in [1.807, 2.05) is 43.0 Å². The lowest BCUT2D eigenvalue weighted by Gasteiger charge is -2.34. The van der Waals surface area contributed by atoms with Crippen LogP contribution in [0.4, 0.5) is 0 Å². The Balaban J connectivity index is 0.00000420. The molecule has 0 saturated carbocycles. The molecule has 29 heavy (non-hydrogen) atoms. The minimum absolute atomic E-state index is 0. The van der Waals surface area contributed by atoms with Crippen molar-refractivity contribution >= 4 is 35.8 Å². The van der Waals surface area contributed by atoms with E-state index in [1.165, 1.54) is 0 Å². The third-order valence-electron chi connectivity index (χ3n) is 4.79. The molecule has 1 aliphatic heterocycles. The quantitative estimate of drug-likeness (QED) is 0.240. The Kier molecular flexibility index (Phi) is 11.8. The van der Waals surface area contributed by atoms with Crippen LogP contribution >= 0.6 is 24.0 Å². The average Bonchev–Trinajstić information content (AvgIpc) is 2.72. The maximum Gasteiger partial charge on any atom is 0.225 e. The second-order valence-corrected chi connectivity index (χ2v) is 7.28. The van der Waals surface area contributed by atoms with Gasteiger partial charge >= 0.3 is 0 Å². The van der Waals surface area contributed by atoms with Crippen molar-refractivity contribution < 1.29 is 14.3 Å². The van der Waals surface area contributed by atoms with Crippen LogP contribution in [0.2, 0.25) is 0 Å². The fraction of sp³-hybridized carbons (Fsp3) is 0.619. The normalized spacial score (nSPS) is 14.9. The smallest absolute Gasteiger partial charge is 0.225 e. The van der Waals surface area contributed by atoms with E-state index in [2.05, 4.69) is 15.6 Å². The van der Waals surface area contributed by atoms with Crippen LogP contribution in [-0.2, 0) is 4.79 Å². The summed E-state index contributed by atoms with van der Waals surface area (Å²) in [6.07, 6.45) is 2.75. The molecule has 1 heterocycles. The highest BCUT2D eigenvalue weighted by molar-refractivity contribution is 14.0. The predicted octanol–water partition coefficient (Wildman–Crippen LogP) is 2.89. The molecule has 0 radical (unpaired) electrons. The van der Waals surface area contributed by atoms with Gasteiger partial charge in [0.05, 0.1) is 13.7 Å². The summed E-state index contributed by atoms with van der Waals surface area (Å²) in [6.45, 7) is 6.91. The Morgan fingerprint density at radius 1 is 1.28 bits per heavy atom. The number of ether oxygens (including phenoxy) is 2. The molecule has 1 aliphatic rings. The third-order valence-corrected chi connectivity index (χ3v) is 4.79. The van der Waals surface area contributed by atoms with Gasteiger partial charge in [-0.2, -0.15) is 0 Å². The van der Waals surface area contributed by atoms with Gasteiger partial charge in [0.25, 0.3) is 0 Å². The van der Waals surface area contributed by atoms with E-state index in [4.69, 9.17) is 9.47 Å². The average molecular weight is 518 g/mol. The molecule has 1 aromatic carbocycles. The van der Waals surface area contributed by atoms with Gasteiger partial charge in [-0.3, -0.25) is 9.79 Å². The van der Waals surface area contributed by atoms with Gasteiger partial charge in [0.15, 0.2) is 5.96 Å². The number of aliphatic imine (C=N–C) groups is 1. The Bertz CT molecular complexity index is 647. The number of rotatable bonds is 8. The number of halogens is 1. The van der Waals surface area contributed by atoms with Gasteiger partial charge < -0.3 is 25.0 Å². The molecule has 1 fully saturated rings. The summed E-state index contributed by atoms with van der Waals surface area (Å²) >= 11 is 0. The minimum atomic E-state index is 0. The molecule has 0 atom stereocenters. The van der Waals surface area contributed by atoms with E-state index in [-0.39, 0.29) is 35.8 Å². The highest BCUT2D eigenvalue weighted by Crippen LogP contribution is 2.18. The van der Waals surface area contributed by atoms with Crippen LogP contribution in [0, 0.1) is 5.92 Å². The lowest BCUT2D eigenvalue weighted by atomic mass is 10.0. The van der Waals surface area contributed by atoms with Gasteiger partial charge in [-0.25, -0.2) is 0 Å². The molecule has 0 unspecified atom stereocenters. The first kappa shape index (κ1) is 25.3. The van der Waals surface area contributed by atoms with Gasteiger partial charge in [-0.05, 0) is 31.4 Å². The Morgan fingerprint density at radius 3 is 2.59 bits per heavy atom. The zero-order valence-corrected chi connectivity index (χ0v) is 20.3. The monoisotopic (exact) mass is 518 g/mol. The minimum Gasteiger partial charge on any atom is -0.497 e. The van der Waals surface area contributed by atoms with E-state index >= 15 is 0 Å². The van der Waals surface area contributed by atoms with Gasteiger partial charge in [-0.15, -0.1) is 24.0 Å². The predicted molar refractivity (Wildman–Crippen MR) is 127 cm³/mol. The van der Waals surface area contributed by atoms with Crippen molar-refractivity contribution in [3.8, 4) is 11.5 Å². The topological polar surface area (TPSA) is 75.2 Å². The van der Waals surface area contributed by atoms with Crippen LogP contribution in [0.25, 0.3) is 0 Å². The van der Waals surface area contributed by atoms with Crippen LogP contribution < -0.4 is 20.1 Å². The van der Waals surface area contributed by atoms with E-state index < -0.39 is 0 Å². The van der Waals surface area contributed by atoms with E-state index in [0.717, 1.165) is 56.4 Å². The van der Waals surface area contributed by atoms with E-state index in [9.17, 15) is 4.79 Å². The van der Waals surface area contributed by atoms with Crippen molar-refractivity contribution in [3.63, 3.8) is 0 Å². The summed E-state index contributed by atoms with van der Waals surface area (Å²) in [5.41, 5.74) is 0. The summed E-state index contributed by atoms with van der Waals surface area (Å²) in [5, 5.41) is 6.79. The van der Waals surface area contributed by atoms with Crippen LogP contribution in [0.3, 0.4) is 0 Å². The molecule has 0 bridgehead atoms. The number of carbonyl (C=O) groups is 1. The summed E-state index contributed by atoms with van der Waals surface area (Å²) in [7, 11) is 3.42. The Hall–Kier alpha value is -1.71. The molecule has 7 nitrogen and oxygen atoms in total. The SMILES string of the molecule is CN=C(NCCCOc1cccc(OC)c1)NC1CCN(C(=O)C(C)C)CC1.I. The number of hydrogen-bond donors (Lipinski definition) is 2. The number of likely N-dealkylation sites (tertiary alicyclic amines) is 1. The molecular weight excluding hydrogens is 483 g/mol. The highest BCUT2D eigenvalue weighted by Gasteiger charge is 2.24. The first-order chi connectivity index (χ1) is 13.5. The maximum atomic E-state index is 12.1. The number of guanidine groups is 1. The van der Waals surface area contributed by atoms with Crippen molar-refractivity contribution in [1.82, 2.24) is 15.5 Å². The Morgan fingerprint density at radius 2 is 1.97 bits per heavy atom. The van der Waals surface area contributed by atoms with Crippen molar-refractivity contribution in [1.29, 1.82) is 0 Å². The summed E-state index contributed by atoms with van der Waals surface area (Å²) < 4.78 is 10.9. The van der Waals surface area contributed by atoms with Crippen LogP contribution in [0.1, 0.15) is 33.1 Å². The van der Waals surface area contributed by atoms with E-state index in [1.54, 1.807) is 14.2 Å². The number of benzene rings is 1. The first-order valence-corrected chi connectivity index (χ1v) is 10.1. The molecular formula is C21H35IN4O3. The molecule has 1 aromatic rings. The van der Waals surface area contributed by atoms with Gasteiger partial charge in [-0.1, -0.05) is 19.9 Å². The number of piperidine rings is 1. The largest absolute Gasteiger partial charge is 0.497 e. The maximum absolute atomic E-state index is 12.1. The second kappa shape index (κ2) is 13.5. The molecule has 164 valence electrons. The summed E-state index contributed by atoms with van der Waals surface area (Å²) in [6, 6.07) is 7.96. The molecule has 8 heteroatoms. The molecule has 1 amide bonds. The molecule has 0 aromatic heterocycles. The van der Waals surface area contributed by atoms with Crippen molar-refractivity contribution in [3.05, 3.63) is 24.3 Å². The zero-order chi connectivity index (χ0) is 20.4. The number of nitrogens with one attached hydrogen (secondary N) is 2. The van der Waals surface area contributed by atoms with Crippen LogP contribution in [0.5, 0.6) is 11.5 Å². The standard InChI is InChI=1S/C21H34N4O3.HI/c1-16(2)20(26)25-12-9-17(10-13-25)24-21(22-3)23-11-6-14-28-19-8-5-7-18(15-19)27-4;/h5,7-8,15-17H,6,9-14H2,1-4H3,(H2,22,23,24);1H. The Labute approximate surface area is 191 Å². The number of hydrogen-bond acceptors (Lipinski definition) is 4. The third kappa shape index (κ3) is 8.67. The van der Waals surface area contributed by atoms with Gasteiger partial charge in [0.1, 0.15) is 11.5 Å². The number of carbonyl (C=O) groups excluding carboxylic acids is 1. The number of amides is 1. The van der Waals surface area contributed by atoms with Gasteiger partial charge in [0, 0.05) is 44.7 Å². The van der Waals surface area contributed by atoms with E-state index in [0.29, 0.717) is 12.6 Å². The lowest BCUT2D eigenvalue weighted by Crippen LogP contribution is -2.50. The first-order valence-electron chi connectivity index (χ1n) is 10.1. The second-order valence-electron chi connectivity index (χ2n) is 7.28. The fourth-order valence-corrected chi connectivity index (χ4v) is 3.16. The number of methoxy groups -OCH3 is 1. The van der Waals surface area contributed by atoms with Crippen molar-refractivity contribution in [2.45, 2.75) is 39.2 Å². The number of nitrogens with zero attached hydrogens (tertiary/aromatic N) is 2. The molecule has 0 aliphatic carbocycles. The highest BCUT2D eigenvalue weighted by atomic mass is 127. The molecule has 1 saturated heterocycles. The molecule has 2 N–H and O–H groups in total. The van der Waals surface area contributed by atoms with Gasteiger partial charge in [0.2, 0.25) is 5.91 Å². The zero-order valence-electron chi connectivity index (χ0n) is 17.9. The molecule has 0 spiro atoms. The van der Waals surface area contributed by atoms with Crippen molar-refractivity contribution in [2.75, 3.05) is 40.4 Å². The lowest BCUT2D eigenvalue weighted by molar-refractivity contribution is -0.135. The summed E-state index contributed by atoms with van der Waals surface area (Å²) in [5.74, 6) is 2.72. The van der Waals surface area contributed by atoms with Crippen LogP contribution in [-0.4, -0.2) is 63.2 Å². The van der Waals surface area contributed by atoms with Crippen LogP contribution in [0.15, 0.2) is 29.3 Å². The summed E-state index contributed by atoms with van der Waals surface area (Å²) in [4.78, 5) is 18.3. The molecule has 2 rings (SSSR count). The van der Waals surface area contributed by atoms with Crippen molar-refractivity contribution in [2.24, 2.45) is 10.9 Å². The fourth-order valence-electron chi connectivity index (χ4n) is 3.16.